The van der Waals surface area contributed by atoms with Crippen LogP contribution in [0, 0.1) is 0 Å². The van der Waals surface area contributed by atoms with Crippen molar-refractivity contribution in [3.8, 4) is 0 Å². The first-order chi connectivity index (χ1) is 4.83. The average molecular weight is 548 g/mol. The molecule has 0 aromatic carbocycles. The summed E-state index contributed by atoms with van der Waals surface area (Å²) >= 11 is 2.15. The van der Waals surface area contributed by atoms with Crippen LogP contribution in [-0.4, -0.2) is 0 Å². The molecule has 0 N–H and O–H groups in total. The van der Waals surface area contributed by atoms with Crippen molar-refractivity contribution in [1.29, 1.82) is 0 Å². The van der Waals surface area contributed by atoms with E-state index < -0.39 is 0 Å². The summed E-state index contributed by atoms with van der Waals surface area (Å²) in [6.07, 6.45) is 5.74. The zero-order valence-corrected chi connectivity index (χ0v) is 20.0. The molecule has 0 aliphatic rings. The Kier molecular flexibility index (Phi) is 39.1. The minimum absolute atomic E-state index is 0. The Morgan fingerprint density at radius 1 is 1.09 bits per heavy atom. The largest absolute Gasteiger partial charge is 0.813 e. The Morgan fingerprint density at radius 2 is 1.55 bits per heavy atom. The van der Waals surface area contributed by atoms with Gasteiger partial charge in [-0.1, -0.05) is 0 Å². The van der Waals surface area contributed by atoms with Gasteiger partial charge in [-0.05, 0) is 0 Å². The Morgan fingerprint density at radius 3 is 1.55 bits per heavy atom. The third-order valence-corrected chi connectivity index (χ3v) is 5.09. The molecule has 0 heterocycles. The van der Waals surface area contributed by atoms with Crippen LogP contribution in [0.15, 0.2) is 0 Å². The molecule has 0 aromatic heterocycles. The quantitative estimate of drug-likeness (QED) is 0.296. The minimum Gasteiger partial charge on any atom is -0.813 e. The molecule has 0 bridgehead atoms. The summed E-state index contributed by atoms with van der Waals surface area (Å²) in [5, 5.41) is 0. The van der Waals surface area contributed by atoms with Crippen molar-refractivity contribution in [3.63, 3.8) is 0 Å². The van der Waals surface area contributed by atoms with E-state index in [4.69, 9.17) is 0 Å². The van der Waals surface area contributed by atoms with Gasteiger partial charge in [-0.3, -0.25) is 0 Å². The topological polar surface area (TPSA) is 0 Å². The molecule has 0 amide bonds. The van der Waals surface area contributed by atoms with Gasteiger partial charge < -0.3 is 13.5 Å². The van der Waals surface area contributed by atoms with Crippen LogP contribution in [0.4, 0.5) is 0 Å². The average Bonchev–Trinajstić information content (AvgIpc) is 1.93. The van der Waals surface area contributed by atoms with Crippen LogP contribution in [0.1, 0.15) is 39.5 Å². The molecule has 0 spiro atoms. The van der Waals surface area contributed by atoms with Crippen molar-refractivity contribution in [1.82, 2.24) is 0 Å². The zero-order valence-electron chi connectivity index (χ0n) is 8.10. The fourth-order valence-corrected chi connectivity index (χ4v) is 4.39. The number of hydrogen-bond acceptors (Lipinski definition) is 1. The van der Waals surface area contributed by atoms with Gasteiger partial charge in [-0.25, -0.2) is 0 Å². The van der Waals surface area contributed by atoms with E-state index in [1.165, 1.54) is 33.5 Å². The molecule has 0 nitrogen and oxygen atoms in total. The normalized spacial score (nSPS) is 7.82. The Labute approximate surface area is 112 Å². The van der Waals surface area contributed by atoms with E-state index in [9.17, 15) is 0 Å². The standard InChI is InChI=1S/2C4H9.2Hg.H2S/c2*1-3-4-2;;;/h2*1,3-4H2,2H3;;;1H2/q;;;+1;/p-1. The summed E-state index contributed by atoms with van der Waals surface area (Å²) in [4.78, 5) is 0. The van der Waals surface area contributed by atoms with Gasteiger partial charge in [-0.2, -0.15) is 0 Å². The van der Waals surface area contributed by atoms with E-state index >= 15 is 0 Å². The predicted molar refractivity (Wildman–Crippen MR) is 48.2 cm³/mol. The number of thiol groups is 1. The van der Waals surface area contributed by atoms with Crippen LogP contribution in [0.2, 0.25) is 7.86 Å². The van der Waals surface area contributed by atoms with E-state index in [0.29, 0.717) is 0 Å². The van der Waals surface area contributed by atoms with Crippen LogP contribution in [0.3, 0.4) is 0 Å². The molecule has 0 rings (SSSR count). The van der Waals surface area contributed by atoms with Crippen LogP contribution in [0.25, 0.3) is 0 Å². The Bertz CT molecular complexity index is 33.1. The molecular weight excluding hydrogens is 529 g/mol. The van der Waals surface area contributed by atoms with Crippen molar-refractivity contribution in [2.45, 2.75) is 47.4 Å². The van der Waals surface area contributed by atoms with E-state index in [0.717, 1.165) is 52.2 Å². The van der Waals surface area contributed by atoms with Crippen molar-refractivity contribution in [2.75, 3.05) is 0 Å². The summed E-state index contributed by atoms with van der Waals surface area (Å²) < 4.78 is 3.08. The third-order valence-electron chi connectivity index (χ3n) is 1.21. The fourth-order valence-electron chi connectivity index (χ4n) is 0.500. The SMILES string of the molecule is CCC[CH2][Hg+].CCC[CH2][Hg].[SH-]. The second-order valence-electron chi connectivity index (χ2n) is 2.41. The molecule has 0 radical (unpaired) electrons. The molecule has 0 saturated carbocycles. The number of hydrogen-bond donors (Lipinski definition) is 0. The maximum atomic E-state index is 2.24. The Balaban J connectivity index is -0.000000107. The smallest absolute Gasteiger partial charge is 0.813 e. The van der Waals surface area contributed by atoms with Crippen molar-refractivity contribution in [2.24, 2.45) is 0 Å². The van der Waals surface area contributed by atoms with Gasteiger partial charge in [0, 0.05) is 0 Å². The molecule has 0 aliphatic carbocycles. The van der Waals surface area contributed by atoms with Crippen LogP contribution < -0.4 is 0 Å². The summed E-state index contributed by atoms with van der Waals surface area (Å²) in [5.41, 5.74) is 0. The summed E-state index contributed by atoms with van der Waals surface area (Å²) in [6, 6.07) is 0. The van der Waals surface area contributed by atoms with Gasteiger partial charge in [0.25, 0.3) is 0 Å². The van der Waals surface area contributed by atoms with Crippen molar-refractivity contribution >= 4 is 13.5 Å². The van der Waals surface area contributed by atoms with Gasteiger partial charge in [0.2, 0.25) is 0 Å². The van der Waals surface area contributed by atoms with Gasteiger partial charge in [0.05, 0.1) is 0 Å². The minimum atomic E-state index is 0. The molecule has 0 aliphatic heterocycles. The monoisotopic (exact) mass is 551 g/mol. The van der Waals surface area contributed by atoms with Crippen molar-refractivity contribution < 1.29 is 52.2 Å². The molecule has 61 valence electrons. The number of unbranched alkanes of at least 4 members (excludes halogenated alkanes) is 2. The molecule has 0 atom stereocenters. The molecule has 0 saturated heterocycles. The predicted octanol–water partition coefficient (Wildman–Crippen LogP) is 3.23. The summed E-state index contributed by atoms with van der Waals surface area (Å²) in [5.74, 6) is 0. The molecule has 0 unspecified atom stereocenters. The maximum absolute atomic E-state index is 2.24. The second-order valence-corrected chi connectivity index (χ2v) is 7.91. The fraction of sp³-hybridized carbons (Fsp3) is 1.00. The second kappa shape index (κ2) is 22.8. The maximum Gasteiger partial charge on any atom is -0.813 e. The van der Waals surface area contributed by atoms with Crippen LogP contribution in [-0.2, 0) is 65.7 Å². The van der Waals surface area contributed by atoms with Crippen molar-refractivity contribution in [3.05, 3.63) is 0 Å². The van der Waals surface area contributed by atoms with Gasteiger partial charge >= 0.3 is 99.6 Å². The number of rotatable bonds is 4. The van der Waals surface area contributed by atoms with Gasteiger partial charge in [-0.15, -0.1) is 0 Å². The van der Waals surface area contributed by atoms with E-state index in [2.05, 4.69) is 13.8 Å². The van der Waals surface area contributed by atoms with Crippen LogP contribution >= 0.6 is 0 Å². The third kappa shape index (κ3) is 33.0. The van der Waals surface area contributed by atoms with E-state index in [1.807, 2.05) is 0 Å². The first-order valence-corrected chi connectivity index (χ1v) is 12.2. The molecule has 3 heteroatoms. The summed E-state index contributed by atoms with van der Waals surface area (Å²) in [6.45, 7) is 4.49. The zero-order chi connectivity index (χ0) is 8.24. The van der Waals surface area contributed by atoms with Gasteiger partial charge in [0.15, 0.2) is 0 Å². The first-order valence-electron chi connectivity index (χ1n) is 4.41. The van der Waals surface area contributed by atoms with Gasteiger partial charge in [0.1, 0.15) is 0 Å². The van der Waals surface area contributed by atoms with E-state index in [1.54, 1.807) is 0 Å². The Hall–Kier alpha value is 2.22. The van der Waals surface area contributed by atoms with E-state index in [-0.39, 0.29) is 13.5 Å². The molecular formula is C8H19Hg2S. The summed E-state index contributed by atoms with van der Waals surface area (Å²) in [7, 11) is 0. The first kappa shape index (κ1) is 18.9. The van der Waals surface area contributed by atoms with Crippen LogP contribution in [0.5, 0.6) is 0 Å². The molecule has 11 heavy (non-hydrogen) atoms. The molecule has 0 aromatic rings. The molecule has 0 fully saturated rings.